The van der Waals surface area contributed by atoms with E-state index in [1.165, 1.54) is 0 Å². The van der Waals surface area contributed by atoms with E-state index >= 15 is 0 Å². The van der Waals surface area contributed by atoms with Crippen molar-refractivity contribution < 1.29 is 9.53 Å². The number of rotatable bonds is 3. The lowest BCUT2D eigenvalue weighted by molar-refractivity contribution is -0.136. The maximum absolute atomic E-state index is 12.0. The van der Waals surface area contributed by atoms with Crippen LogP contribution in [0.2, 0.25) is 0 Å². The maximum atomic E-state index is 12.0. The van der Waals surface area contributed by atoms with E-state index in [9.17, 15) is 4.79 Å². The molecule has 6 heteroatoms. The lowest BCUT2D eigenvalue weighted by Gasteiger charge is -2.28. The van der Waals surface area contributed by atoms with Gasteiger partial charge in [0.25, 0.3) is 0 Å². The van der Waals surface area contributed by atoms with E-state index in [1.54, 1.807) is 0 Å². The molecule has 2 aliphatic heterocycles. The predicted molar refractivity (Wildman–Crippen MR) is 72.8 cm³/mol. The first-order valence-corrected chi connectivity index (χ1v) is 6.50. The molecule has 0 bridgehead atoms. The van der Waals surface area contributed by atoms with Crippen molar-refractivity contribution in [3.63, 3.8) is 0 Å². The van der Waals surface area contributed by atoms with Crippen molar-refractivity contribution in [3.8, 4) is 0 Å². The molecule has 2 N–H and O–H groups in total. The van der Waals surface area contributed by atoms with Crippen LogP contribution in [0.25, 0.3) is 0 Å². The number of nitrogens with zero attached hydrogens (tertiary/aromatic N) is 2. The van der Waals surface area contributed by atoms with E-state index in [0.29, 0.717) is 25.7 Å². The van der Waals surface area contributed by atoms with Crippen LogP contribution in [0.1, 0.15) is 13.3 Å². The van der Waals surface area contributed by atoms with Gasteiger partial charge >= 0.3 is 0 Å². The summed E-state index contributed by atoms with van der Waals surface area (Å²) in [7, 11) is 0. The summed E-state index contributed by atoms with van der Waals surface area (Å²) in [6.07, 6.45) is 1.12. The van der Waals surface area contributed by atoms with Crippen LogP contribution in [0, 0.1) is 5.92 Å². The number of amides is 1. The Morgan fingerprint density at radius 2 is 2.06 bits per heavy atom. The van der Waals surface area contributed by atoms with E-state index in [4.69, 9.17) is 10.5 Å². The quantitative estimate of drug-likeness (QED) is 0.785. The Morgan fingerprint density at radius 3 is 2.61 bits per heavy atom. The fourth-order valence-corrected chi connectivity index (χ4v) is 2.54. The van der Waals surface area contributed by atoms with E-state index in [0.717, 1.165) is 32.6 Å². The van der Waals surface area contributed by atoms with E-state index < -0.39 is 0 Å². The molecule has 2 rings (SSSR count). The molecule has 0 aromatic heterocycles. The second-order valence-corrected chi connectivity index (χ2v) is 5.14. The molecule has 0 spiro atoms. The number of likely N-dealkylation sites (tertiary alicyclic amines) is 1. The van der Waals surface area contributed by atoms with Crippen molar-refractivity contribution in [2.75, 3.05) is 45.9 Å². The first-order chi connectivity index (χ1) is 8.16. The molecule has 2 atom stereocenters. The van der Waals surface area contributed by atoms with Gasteiger partial charge in [0.2, 0.25) is 5.91 Å². The molecule has 0 aliphatic carbocycles. The summed E-state index contributed by atoms with van der Waals surface area (Å²) in [5.41, 5.74) is 5.89. The zero-order chi connectivity index (χ0) is 12.3. The van der Waals surface area contributed by atoms with E-state index in [1.807, 2.05) is 4.90 Å². The van der Waals surface area contributed by atoms with Gasteiger partial charge < -0.3 is 15.4 Å². The molecular formula is C12H24ClN3O2. The van der Waals surface area contributed by atoms with Gasteiger partial charge in [0, 0.05) is 25.7 Å². The third kappa shape index (κ3) is 4.09. The normalized spacial score (nSPS) is 26.8. The van der Waals surface area contributed by atoms with E-state index in [-0.39, 0.29) is 24.4 Å². The van der Waals surface area contributed by atoms with Gasteiger partial charge in [-0.25, -0.2) is 0 Å². The number of nitrogens with two attached hydrogens (primary N) is 1. The number of hydrogen-bond acceptors (Lipinski definition) is 4. The molecule has 1 amide bonds. The van der Waals surface area contributed by atoms with Gasteiger partial charge in [0.05, 0.1) is 19.8 Å². The SMILES string of the molecule is CC(N)C1CCN(CC(=O)N2CCOCC2)C1.Cl. The van der Waals surface area contributed by atoms with Crippen molar-refractivity contribution in [2.45, 2.75) is 19.4 Å². The van der Waals surface area contributed by atoms with Gasteiger partial charge in [0.15, 0.2) is 0 Å². The van der Waals surface area contributed by atoms with Crippen LogP contribution in [-0.2, 0) is 9.53 Å². The van der Waals surface area contributed by atoms with Crippen LogP contribution < -0.4 is 5.73 Å². The molecule has 2 saturated heterocycles. The minimum Gasteiger partial charge on any atom is -0.378 e. The first kappa shape index (κ1) is 15.7. The Hall–Kier alpha value is -0.360. The van der Waals surface area contributed by atoms with Gasteiger partial charge in [-0.05, 0) is 25.8 Å². The van der Waals surface area contributed by atoms with Crippen LogP contribution in [0.4, 0.5) is 0 Å². The van der Waals surface area contributed by atoms with Crippen molar-refractivity contribution >= 4 is 18.3 Å². The van der Waals surface area contributed by atoms with E-state index in [2.05, 4.69) is 11.8 Å². The zero-order valence-electron chi connectivity index (χ0n) is 11.0. The lowest BCUT2D eigenvalue weighted by Crippen LogP contribution is -2.45. The standard InChI is InChI=1S/C12H23N3O2.ClH/c1-10(13)11-2-3-14(8-11)9-12(16)15-4-6-17-7-5-15;/h10-11H,2-9,13H2,1H3;1H. The average Bonchev–Trinajstić information content (AvgIpc) is 2.79. The Morgan fingerprint density at radius 1 is 1.39 bits per heavy atom. The van der Waals surface area contributed by atoms with Gasteiger partial charge in [-0.1, -0.05) is 0 Å². The highest BCUT2D eigenvalue weighted by Gasteiger charge is 2.28. The number of ether oxygens (including phenoxy) is 1. The highest BCUT2D eigenvalue weighted by molar-refractivity contribution is 5.85. The number of hydrogen-bond donors (Lipinski definition) is 1. The highest BCUT2D eigenvalue weighted by atomic mass is 35.5. The molecule has 106 valence electrons. The van der Waals surface area contributed by atoms with Crippen LogP contribution >= 0.6 is 12.4 Å². The summed E-state index contributed by atoms with van der Waals surface area (Å²) in [5.74, 6) is 0.783. The van der Waals surface area contributed by atoms with Gasteiger partial charge in [0.1, 0.15) is 0 Å². The number of morpholine rings is 1. The van der Waals surface area contributed by atoms with Crippen molar-refractivity contribution in [1.29, 1.82) is 0 Å². The third-order valence-corrected chi connectivity index (χ3v) is 3.78. The Kier molecular flexibility index (Phi) is 6.35. The Balaban J connectivity index is 0.00000162. The third-order valence-electron chi connectivity index (χ3n) is 3.78. The summed E-state index contributed by atoms with van der Waals surface area (Å²) in [4.78, 5) is 16.2. The number of carbonyl (C=O) groups excluding carboxylic acids is 1. The Bertz CT molecular complexity index is 270. The van der Waals surface area contributed by atoms with Gasteiger partial charge in [-0.2, -0.15) is 0 Å². The van der Waals surface area contributed by atoms with Crippen LogP contribution in [0.5, 0.6) is 0 Å². The molecule has 18 heavy (non-hydrogen) atoms. The second kappa shape index (κ2) is 7.28. The van der Waals surface area contributed by atoms with Gasteiger partial charge in [-0.15, -0.1) is 12.4 Å². The number of halogens is 1. The monoisotopic (exact) mass is 277 g/mol. The first-order valence-electron chi connectivity index (χ1n) is 6.50. The summed E-state index contributed by atoms with van der Waals surface area (Å²) in [6.45, 7) is 7.40. The predicted octanol–water partition coefficient (Wildman–Crippen LogP) is -0.0639. The highest BCUT2D eigenvalue weighted by Crippen LogP contribution is 2.18. The fraction of sp³-hybridized carbons (Fsp3) is 0.917. The fourth-order valence-electron chi connectivity index (χ4n) is 2.54. The molecule has 0 saturated carbocycles. The largest absolute Gasteiger partial charge is 0.378 e. The Labute approximate surface area is 115 Å². The van der Waals surface area contributed by atoms with Crippen LogP contribution in [0.15, 0.2) is 0 Å². The molecule has 2 aliphatic rings. The molecule has 2 heterocycles. The molecule has 2 fully saturated rings. The van der Waals surface area contributed by atoms with Crippen molar-refractivity contribution in [2.24, 2.45) is 11.7 Å². The second-order valence-electron chi connectivity index (χ2n) is 5.14. The molecule has 2 unspecified atom stereocenters. The summed E-state index contributed by atoms with van der Waals surface area (Å²) in [5, 5.41) is 0. The minimum absolute atomic E-state index is 0. The smallest absolute Gasteiger partial charge is 0.236 e. The van der Waals surface area contributed by atoms with Crippen LogP contribution in [-0.4, -0.2) is 67.7 Å². The zero-order valence-corrected chi connectivity index (χ0v) is 11.8. The minimum atomic E-state index is 0. The maximum Gasteiger partial charge on any atom is 0.236 e. The average molecular weight is 278 g/mol. The van der Waals surface area contributed by atoms with Gasteiger partial charge in [-0.3, -0.25) is 9.69 Å². The lowest BCUT2D eigenvalue weighted by atomic mass is 10.0. The molecular weight excluding hydrogens is 254 g/mol. The molecule has 0 aromatic rings. The van der Waals surface area contributed by atoms with Crippen molar-refractivity contribution in [3.05, 3.63) is 0 Å². The molecule has 0 aromatic carbocycles. The molecule has 5 nitrogen and oxygen atoms in total. The van der Waals surface area contributed by atoms with Crippen molar-refractivity contribution in [1.82, 2.24) is 9.80 Å². The number of carbonyl (C=O) groups is 1. The topological polar surface area (TPSA) is 58.8 Å². The van der Waals surface area contributed by atoms with Crippen LogP contribution in [0.3, 0.4) is 0 Å². The summed E-state index contributed by atoms with van der Waals surface area (Å²) < 4.78 is 5.24. The summed E-state index contributed by atoms with van der Waals surface area (Å²) >= 11 is 0. The molecule has 0 radical (unpaired) electrons. The summed E-state index contributed by atoms with van der Waals surface area (Å²) in [6, 6.07) is 0.235.